The molecule has 1 aliphatic carbocycles. The first-order valence-corrected chi connectivity index (χ1v) is 9.10. The lowest BCUT2D eigenvalue weighted by Gasteiger charge is -2.42. The first-order chi connectivity index (χ1) is 10.3. The minimum atomic E-state index is -3.48. The highest BCUT2D eigenvalue weighted by atomic mass is 32.2. The molecule has 1 aromatic carbocycles. The molecule has 0 spiro atoms. The highest BCUT2D eigenvalue weighted by Gasteiger charge is 2.36. The Hall–Kier alpha value is -1.40. The Morgan fingerprint density at radius 3 is 2.36 bits per heavy atom. The molecule has 5 nitrogen and oxygen atoms in total. The van der Waals surface area contributed by atoms with Gasteiger partial charge in [-0.2, -0.15) is 0 Å². The molecule has 0 amide bonds. The first-order valence-electron chi connectivity index (χ1n) is 7.61. The van der Waals surface area contributed by atoms with E-state index in [1.807, 2.05) is 6.92 Å². The number of hydrogen-bond acceptors (Lipinski definition) is 3. The lowest BCUT2D eigenvalue weighted by molar-refractivity contribution is -0.138. The van der Waals surface area contributed by atoms with E-state index in [2.05, 4.69) is 4.72 Å². The van der Waals surface area contributed by atoms with Gasteiger partial charge in [-0.25, -0.2) is 13.1 Å². The van der Waals surface area contributed by atoms with Crippen molar-refractivity contribution < 1.29 is 18.3 Å². The molecule has 1 saturated carbocycles. The monoisotopic (exact) mass is 325 g/mol. The molecule has 6 heteroatoms. The highest BCUT2D eigenvalue weighted by molar-refractivity contribution is 7.89. The van der Waals surface area contributed by atoms with Gasteiger partial charge >= 0.3 is 5.97 Å². The fraction of sp³-hybridized carbons (Fsp3) is 0.562. The van der Waals surface area contributed by atoms with Gasteiger partial charge in [0.1, 0.15) is 0 Å². The molecule has 0 aromatic heterocycles. The van der Waals surface area contributed by atoms with Crippen LogP contribution >= 0.6 is 0 Å². The standard InChI is InChI=1S/C16H23NO4S/c1-13-3-5-14(6-4-13)22(20,21)17-12-11-16(8-2-9-16)10-7-15(18)19/h3-6,17H,2,7-12H2,1H3,(H,18,19). The van der Waals surface area contributed by atoms with Gasteiger partial charge in [0.25, 0.3) is 0 Å². The number of hydrogen-bond donors (Lipinski definition) is 2. The second-order valence-electron chi connectivity index (χ2n) is 6.21. The molecule has 1 aromatic rings. The van der Waals surface area contributed by atoms with Crippen LogP contribution in [0.2, 0.25) is 0 Å². The molecule has 0 heterocycles. The average molecular weight is 325 g/mol. The number of aliphatic carboxylic acids is 1. The van der Waals surface area contributed by atoms with Gasteiger partial charge < -0.3 is 5.11 Å². The summed E-state index contributed by atoms with van der Waals surface area (Å²) in [5, 5.41) is 8.81. The van der Waals surface area contributed by atoms with Gasteiger partial charge in [-0.3, -0.25) is 4.79 Å². The smallest absolute Gasteiger partial charge is 0.303 e. The highest BCUT2D eigenvalue weighted by Crippen LogP contribution is 2.47. The number of nitrogens with one attached hydrogen (secondary N) is 1. The van der Waals surface area contributed by atoms with Crippen molar-refractivity contribution in [3.8, 4) is 0 Å². The van der Waals surface area contributed by atoms with Crippen LogP contribution in [0.25, 0.3) is 0 Å². The van der Waals surface area contributed by atoms with Crippen molar-refractivity contribution in [2.24, 2.45) is 5.41 Å². The summed E-state index contributed by atoms with van der Waals surface area (Å²) in [6.07, 6.45) is 4.58. The SMILES string of the molecule is Cc1ccc(S(=O)(=O)NCCC2(CCC(=O)O)CCC2)cc1. The van der Waals surface area contributed by atoms with Gasteiger partial charge in [-0.05, 0) is 50.2 Å². The van der Waals surface area contributed by atoms with Gasteiger partial charge in [0.2, 0.25) is 10.0 Å². The zero-order chi connectivity index (χ0) is 16.2. The molecule has 122 valence electrons. The molecule has 0 unspecified atom stereocenters. The maximum absolute atomic E-state index is 12.2. The minimum absolute atomic E-state index is 0.00812. The zero-order valence-electron chi connectivity index (χ0n) is 12.8. The molecule has 0 atom stereocenters. The largest absolute Gasteiger partial charge is 0.481 e. The van der Waals surface area contributed by atoms with Crippen LogP contribution in [0.3, 0.4) is 0 Å². The lowest BCUT2D eigenvalue weighted by atomic mass is 9.64. The molecule has 0 radical (unpaired) electrons. The molecule has 0 aliphatic heterocycles. The van der Waals surface area contributed by atoms with Gasteiger partial charge in [-0.15, -0.1) is 0 Å². The number of sulfonamides is 1. The third kappa shape index (κ3) is 4.30. The van der Waals surface area contributed by atoms with Crippen LogP contribution in [0, 0.1) is 12.3 Å². The van der Waals surface area contributed by atoms with E-state index in [1.54, 1.807) is 24.3 Å². The van der Waals surface area contributed by atoms with E-state index in [9.17, 15) is 13.2 Å². The summed E-state index contributed by atoms with van der Waals surface area (Å²) in [6, 6.07) is 6.74. The third-order valence-corrected chi connectivity index (χ3v) is 6.04. The Labute approximate surface area is 131 Å². The van der Waals surface area contributed by atoms with Gasteiger partial charge in [0.15, 0.2) is 0 Å². The van der Waals surface area contributed by atoms with Crippen molar-refractivity contribution in [2.45, 2.75) is 50.3 Å². The average Bonchev–Trinajstić information content (AvgIpc) is 2.41. The van der Waals surface area contributed by atoms with Gasteiger partial charge in [0, 0.05) is 13.0 Å². The summed E-state index contributed by atoms with van der Waals surface area (Å²) in [6.45, 7) is 2.27. The Bertz CT molecular complexity index is 618. The Balaban J connectivity index is 1.89. The van der Waals surface area contributed by atoms with Crippen molar-refractivity contribution in [3.63, 3.8) is 0 Å². The van der Waals surface area contributed by atoms with Crippen molar-refractivity contribution in [2.75, 3.05) is 6.54 Å². The summed E-state index contributed by atoms with van der Waals surface area (Å²) >= 11 is 0. The molecule has 2 rings (SSSR count). The van der Waals surface area contributed by atoms with Crippen molar-refractivity contribution in [3.05, 3.63) is 29.8 Å². The van der Waals surface area contributed by atoms with E-state index in [1.165, 1.54) is 0 Å². The maximum Gasteiger partial charge on any atom is 0.303 e. The predicted octanol–water partition coefficient (Wildman–Crippen LogP) is 2.70. The first kappa shape index (κ1) is 17.0. The fourth-order valence-electron chi connectivity index (χ4n) is 2.93. The van der Waals surface area contributed by atoms with E-state index < -0.39 is 16.0 Å². The van der Waals surface area contributed by atoms with E-state index >= 15 is 0 Å². The molecule has 0 saturated heterocycles. The lowest BCUT2D eigenvalue weighted by Crippen LogP contribution is -2.35. The van der Waals surface area contributed by atoms with E-state index in [0.717, 1.165) is 24.8 Å². The molecule has 2 N–H and O–H groups in total. The van der Waals surface area contributed by atoms with Crippen LogP contribution in [0.4, 0.5) is 0 Å². The van der Waals surface area contributed by atoms with E-state index in [0.29, 0.717) is 19.4 Å². The van der Waals surface area contributed by atoms with Crippen molar-refractivity contribution in [1.29, 1.82) is 0 Å². The number of benzene rings is 1. The van der Waals surface area contributed by atoms with Crippen LogP contribution in [0.1, 0.15) is 44.1 Å². The number of carboxylic acid groups (broad SMARTS) is 1. The topological polar surface area (TPSA) is 83.5 Å². The Kier molecular flexibility index (Phi) is 5.24. The fourth-order valence-corrected chi connectivity index (χ4v) is 3.96. The summed E-state index contributed by atoms with van der Waals surface area (Å²) in [5.74, 6) is -0.786. The van der Waals surface area contributed by atoms with Crippen molar-refractivity contribution in [1.82, 2.24) is 4.72 Å². The Morgan fingerprint density at radius 1 is 1.23 bits per heavy atom. The van der Waals surface area contributed by atoms with Crippen LogP contribution < -0.4 is 4.72 Å². The number of aryl methyl sites for hydroxylation is 1. The maximum atomic E-state index is 12.2. The number of carbonyl (C=O) groups is 1. The summed E-state index contributed by atoms with van der Waals surface area (Å²) < 4.78 is 27.0. The third-order valence-electron chi connectivity index (χ3n) is 4.56. The van der Waals surface area contributed by atoms with E-state index in [-0.39, 0.29) is 16.7 Å². The van der Waals surface area contributed by atoms with Gasteiger partial charge in [-0.1, -0.05) is 24.1 Å². The van der Waals surface area contributed by atoms with Crippen LogP contribution in [0.5, 0.6) is 0 Å². The number of carboxylic acids is 1. The van der Waals surface area contributed by atoms with E-state index in [4.69, 9.17) is 5.11 Å². The minimum Gasteiger partial charge on any atom is -0.481 e. The van der Waals surface area contributed by atoms with Crippen LogP contribution in [-0.2, 0) is 14.8 Å². The molecular weight excluding hydrogens is 302 g/mol. The zero-order valence-corrected chi connectivity index (χ0v) is 13.7. The predicted molar refractivity (Wildman–Crippen MR) is 84.1 cm³/mol. The summed E-state index contributed by atoms with van der Waals surface area (Å²) in [4.78, 5) is 11.0. The van der Waals surface area contributed by atoms with Crippen LogP contribution in [-0.4, -0.2) is 26.0 Å². The molecule has 1 aliphatic rings. The van der Waals surface area contributed by atoms with Crippen LogP contribution in [0.15, 0.2) is 29.2 Å². The summed E-state index contributed by atoms with van der Waals surface area (Å²) in [5.41, 5.74) is 1.02. The van der Waals surface area contributed by atoms with Gasteiger partial charge in [0.05, 0.1) is 4.90 Å². The molecule has 22 heavy (non-hydrogen) atoms. The second-order valence-corrected chi connectivity index (χ2v) is 7.98. The summed E-state index contributed by atoms with van der Waals surface area (Å²) in [7, 11) is -3.48. The normalized spacial score (nSPS) is 17.0. The second kappa shape index (κ2) is 6.79. The quantitative estimate of drug-likeness (QED) is 0.770. The number of rotatable bonds is 8. The molecule has 1 fully saturated rings. The molecule has 0 bridgehead atoms. The molecular formula is C16H23NO4S. The van der Waals surface area contributed by atoms with Crippen molar-refractivity contribution >= 4 is 16.0 Å². The Morgan fingerprint density at radius 2 is 1.86 bits per heavy atom.